The van der Waals surface area contributed by atoms with E-state index >= 15 is 0 Å². The Morgan fingerprint density at radius 3 is 2.86 bits per heavy atom. The van der Waals surface area contributed by atoms with Gasteiger partial charge in [-0.3, -0.25) is 4.57 Å². The highest BCUT2D eigenvalue weighted by Crippen LogP contribution is 2.31. The molecule has 1 unspecified atom stereocenters. The van der Waals surface area contributed by atoms with Crippen molar-refractivity contribution >= 4 is 34.1 Å². The van der Waals surface area contributed by atoms with E-state index in [1.165, 1.54) is 9.77 Å². The lowest BCUT2D eigenvalue weighted by Gasteiger charge is -2.22. The van der Waals surface area contributed by atoms with Gasteiger partial charge in [-0.2, -0.15) is 0 Å². The highest BCUT2D eigenvalue weighted by molar-refractivity contribution is 14.1. The Balaban J connectivity index is 1.65. The van der Waals surface area contributed by atoms with E-state index in [-0.39, 0.29) is 5.82 Å². The fourth-order valence-electron chi connectivity index (χ4n) is 2.23. The molecular weight excluding hydrogens is 387 g/mol. The minimum atomic E-state index is -0.518. The van der Waals surface area contributed by atoms with E-state index in [0.29, 0.717) is 19.1 Å². The summed E-state index contributed by atoms with van der Waals surface area (Å²) < 4.78 is 8.60. The lowest BCUT2D eigenvalue weighted by Crippen LogP contribution is -2.39. The summed E-state index contributed by atoms with van der Waals surface area (Å²) in [5.41, 5.74) is 0.538. The molecule has 1 aliphatic rings. The maximum atomic E-state index is 10.7. The van der Waals surface area contributed by atoms with Crippen molar-refractivity contribution in [2.24, 2.45) is 0 Å². The third-order valence-electron chi connectivity index (χ3n) is 3.27. The predicted molar refractivity (Wildman–Crippen MR) is 85.6 cm³/mol. The number of fused-ring (bicyclic) bond motifs is 1. The Labute approximate surface area is 134 Å². The van der Waals surface area contributed by atoms with Crippen LogP contribution in [0.3, 0.4) is 0 Å². The van der Waals surface area contributed by atoms with E-state index in [1.54, 1.807) is 4.57 Å². The first-order valence-corrected chi connectivity index (χ1v) is 7.43. The number of nitrogens with zero attached hydrogens (tertiary/aromatic N) is 3. The summed E-state index contributed by atoms with van der Waals surface area (Å²) in [7, 11) is 0. The summed E-state index contributed by atoms with van der Waals surface area (Å²) in [5.74, 6) is -0.183. The monoisotopic (exact) mass is 400 g/mol. The number of rotatable bonds is 4. The van der Waals surface area contributed by atoms with Crippen LogP contribution in [0.15, 0.2) is 30.5 Å². The van der Waals surface area contributed by atoms with Crippen LogP contribution in [0.4, 0.5) is 11.5 Å². The normalized spacial score (nSPS) is 19.9. The first-order valence-electron chi connectivity index (χ1n) is 6.35. The number of nitro groups is 1. The Bertz CT molecular complexity index is 660. The predicted octanol–water partition coefficient (Wildman–Crippen LogP) is 2.66. The Kier molecular flexibility index (Phi) is 3.47. The van der Waals surface area contributed by atoms with Gasteiger partial charge in [0.05, 0.1) is 13.1 Å². The second-order valence-electron chi connectivity index (χ2n) is 5.18. The number of halogens is 1. The number of anilines is 1. The Hall–Kier alpha value is -1.84. The first-order chi connectivity index (χ1) is 9.95. The van der Waals surface area contributed by atoms with E-state index < -0.39 is 10.5 Å². The van der Waals surface area contributed by atoms with Gasteiger partial charge in [-0.1, -0.05) is 0 Å². The van der Waals surface area contributed by atoms with Crippen LogP contribution < -0.4 is 10.1 Å². The molecule has 1 aliphatic heterocycles. The SMILES string of the molecule is CC1(CNc2ccc(I)cc2)Cn2cc([N+](=O)[O-])nc2O1. The second-order valence-corrected chi connectivity index (χ2v) is 6.42. The zero-order valence-corrected chi connectivity index (χ0v) is 13.4. The summed E-state index contributed by atoms with van der Waals surface area (Å²) in [6.07, 6.45) is 1.41. The fraction of sp³-hybridized carbons (Fsp3) is 0.308. The van der Waals surface area contributed by atoms with E-state index in [2.05, 4.69) is 32.9 Å². The molecule has 0 saturated heterocycles. The van der Waals surface area contributed by atoms with Crippen molar-refractivity contribution in [3.63, 3.8) is 0 Å². The smallest absolute Gasteiger partial charge is 0.415 e. The molecule has 1 N–H and O–H groups in total. The molecule has 8 heteroatoms. The average molecular weight is 400 g/mol. The van der Waals surface area contributed by atoms with Gasteiger partial charge < -0.3 is 20.2 Å². The zero-order valence-electron chi connectivity index (χ0n) is 11.2. The number of benzene rings is 1. The molecule has 7 nitrogen and oxygen atoms in total. The van der Waals surface area contributed by atoms with Crippen LogP contribution in [0.1, 0.15) is 6.92 Å². The molecule has 0 bridgehead atoms. The molecule has 2 heterocycles. The maximum Gasteiger partial charge on any atom is 0.415 e. The summed E-state index contributed by atoms with van der Waals surface area (Å²) >= 11 is 2.25. The second kappa shape index (κ2) is 5.17. The highest BCUT2D eigenvalue weighted by Gasteiger charge is 2.40. The molecule has 1 aromatic heterocycles. The summed E-state index contributed by atoms with van der Waals surface area (Å²) in [5, 5.41) is 14.0. The molecule has 1 aromatic carbocycles. The number of ether oxygens (including phenoxy) is 1. The Morgan fingerprint density at radius 2 is 2.24 bits per heavy atom. The van der Waals surface area contributed by atoms with Gasteiger partial charge in [-0.25, -0.2) is 0 Å². The summed E-state index contributed by atoms with van der Waals surface area (Å²) in [4.78, 5) is 14.0. The van der Waals surface area contributed by atoms with Gasteiger partial charge >= 0.3 is 11.8 Å². The molecular formula is C13H13IN4O3. The van der Waals surface area contributed by atoms with Crippen molar-refractivity contribution < 1.29 is 9.66 Å². The van der Waals surface area contributed by atoms with E-state index in [1.807, 2.05) is 31.2 Å². The van der Waals surface area contributed by atoms with E-state index in [0.717, 1.165) is 5.69 Å². The van der Waals surface area contributed by atoms with Crippen LogP contribution in [0.25, 0.3) is 0 Å². The molecule has 110 valence electrons. The van der Waals surface area contributed by atoms with Crippen molar-refractivity contribution in [1.29, 1.82) is 0 Å². The van der Waals surface area contributed by atoms with Gasteiger partial charge in [-0.15, -0.1) is 0 Å². The molecule has 0 fully saturated rings. The first kappa shape index (κ1) is 14.1. The summed E-state index contributed by atoms with van der Waals surface area (Å²) in [6, 6.07) is 8.35. The zero-order chi connectivity index (χ0) is 15.0. The van der Waals surface area contributed by atoms with Gasteiger partial charge in [0, 0.05) is 14.2 Å². The minimum Gasteiger partial charge on any atom is -0.436 e. The van der Waals surface area contributed by atoms with Crippen LogP contribution in [-0.2, 0) is 6.54 Å². The molecule has 3 rings (SSSR count). The number of hydrogen-bond acceptors (Lipinski definition) is 5. The van der Waals surface area contributed by atoms with E-state index in [4.69, 9.17) is 4.74 Å². The number of nitrogens with one attached hydrogen (secondary N) is 1. The third kappa shape index (κ3) is 2.94. The van der Waals surface area contributed by atoms with Gasteiger partial charge in [0.2, 0.25) is 0 Å². The van der Waals surface area contributed by atoms with Crippen molar-refractivity contribution in [3.8, 4) is 6.01 Å². The highest BCUT2D eigenvalue weighted by atomic mass is 127. The lowest BCUT2D eigenvalue weighted by molar-refractivity contribution is -0.389. The molecule has 1 atom stereocenters. The lowest BCUT2D eigenvalue weighted by atomic mass is 10.1. The largest absolute Gasteiger partial charge is 0.436 e. The van der Waals surface area contributed by atoms with Crippen molar-refractivity contribution in [2.45, 2.75) is 19.1 Å². The number of aromatic nitrogens is 2. The molecule has 0 spiro atoms. The van der Waals surface area contributed by atoms with E-state index in [9.17, 15) is 10.1 Å². The molecule has 21 heavy (non-hydrogen) atoms. The van der Waals surface area contributed by atoms with Crippen molar-refractivity contribution in [3.05, 3.63) is 44.1 Å². The molecule has 2 aromatic rings. The Morgan fingerprint density at radius 1 is 1.52 bits per heavy atom. The molecule has 0 saturated carbocycles. The standard InChI is InChI=1S/C13H13IN4O3/c1-13(7-15-10-4-2-9(14)3-5-10)8-17-6-11(18(19)20)16-12(17)21-13/h2-6,15H,7-8H2,1H3. The number of hydrogen-bond donors (Lipinski definition) is 1. The van der Waals surface area contributed by atoms with Crippen LogP contribution in [0, 0.1) is 13.7 Å². The maximum absolute atomic E-state index is 10.7. The molecule has 0 aliphatic carbocycles. The molecule has 0 radical (unpaired) electrons. The van der Waals surface area contributed by atoms with Crippen LogP contribution in [-0.4, -0.2) is 26.6 Å². The fourth-order valence-corrected chi connectivity index (χ4v) is 2.59. The minimum absolute atomic E-state index is 0.183. The number of imidazole rings is 1. The van der Waals surface area contributed by atoms with Gasteiger partial charge in [0.15, 0.2) is 0 Å². The van der Waals surface area contributed by atoms with Gasteiger partial charge in [-0.05, 0) is 58.7 Å². The van der Waals surface area contributed by atoms with Crippen molar-refractivity contribution in [2.75, 3.05) is 11.9 Å². The quantitative estimate of drug-likeness (QED) is 0.485. The van der Waals surface area contributed by atoms with Crippen molar-refractivity contribution in [1.82, 2.24) is 9.55 Å². The topological polar surface area (TPSA) is 82.2 Å². The van der Waals surface area contributed by atoms with Gasteiger partial charge in [0.25, 0.3) is 0 Å². The van der Waals surface area contributed by atoms with Crippen LogP contribution in [0.2, 0.25) is 0 Å². The summed E-state index contributed by atoms with van der Waals surface area (Å²) in [6.45, 7) is 3.07. The van der Waals surface area contributed by atoms with Gasteiger partial charge in [0.1, 0.15) is 11.8 Å². The molecule has 0 amide bonds. The third-order valence-corrected chi connectivity index (χ3v) is 3.99. The van der Waals surface area contributed by atoms with Crippen LogP contribution in [0.5, 0.6) is 6.01 Å². The van der Waals surface area contributed by atoms with Crippen LogP contribution >= 0.6 is 22.6 Å². The average Bonchev–Trinajstić information content (AvgIpc) is 2.93.